The SMILES string of the molecule is COCCN(CC(C)C)C(C)CC(N)=NO. The standard InChI is InChI=1S/C11H25N3O2/c1-9(2)8-14(5-6-16-4)10(3)7-11(12)13-15/h9-10,15H,5-8H2,1-4H3,(H2,12,13). The van der Waals surface area contributed by atoms with Crippen molar-refractivity contribution >= 4 is 5.84 Å². The highest BCUT2D eigenvalue weighted by Crippen LogP contribution is 2.07. The molecule has 0 saturated heterocycles. The van der Waals surface area contributed by atoms with Crippen LogP contribution in [0.25, 0.3) is 0 Å². The molecule has 0 aliphatic heterocycles. The molecule has 0 heterocycles. The van der Waals surface area contributed by atoms with Crippen LogP contribution in [-0.2, 0) is 4.74 Å². The van der Waals surface area contributed by atoms with Gasteiger partial charge in [0.15, 0.2) is 0 Å². The van der Waals surface area contributed by atoms with Crippen LogP contribution < -0.4 is 5.73 Å². The highest BCUT2D eigenvalue weighted by molar-refractivity contribution is 5.80. The number of rotatable bonds is 8. The lowest BCUT2D eigenvalue weighted by Crippen LogP contribution is -2.40. The molecule has 0 aromatic heterocycles. The van der Waals surface area contributed by atoms with E-state index in [1.165, 1.54) is 0 Å². The first-order valence-electron chi connectivity index (χ1n) is 5.70. The Morgan fingerprint density at radius 3 is 2.50 bits per heavy atom. The maximum atomic E-state index is 8.54. The van der Waals surface area contributed by atoms with Crippen molar-refractivity contribution in [3.8, 4) is 0 Å². The summed E-state index contributed by atoms with van der Waals surface area (Å²) in [4.78, 5) is 2.30. The van der Waals surface area contributed by atoms with E-state index in [0.717, 1.165) is 13.1 Å². The Balaban J connectivity index is 4.24. The van der Waals surface area contributed by atoms with Crippen molar-refractivity contribution < 1.29 is 9.94 Å². The average Bonchev–Trinajstić information content (AvgIpc) is 2.23. The Morgan fingerprint density at radius 1 is 1.44 bits per heavy atom. The Hall–Kier alpha value is -0.810. The minimum atomic E-state index is 0.258. The molecule has 96 valence electrons. The van der Waals surface area contributed by atoms with E-state index in [9.17, 15) is 0 Å². The van der Waals surface area contributed by atoms with E-state index in [-0.39, 0.29) is 11.9 Å². The summed E-state index contributed by atoms with van der Waals surface area (Å²) in [6.07, 6.45) is 0.576. The minimum absolute atomic E-state index is 0.258. The Morgan fingerprint density at radius 2 is 2.06 bits per heavy atom. The van der Waals surface area contributed by atoms with Gasteiger partial charge < -0.3 is 15.7 Å². The molecule has 0 aromatic rings. The maximum absolute atomic E-state index is 8.54. The van der Waals surface area contributed by atoms with Crippen molar-refractivity contribution in [1.29, 1.82) is 0 Å². The fourth-order valence-electron chi connectivity index (χ4n) is 1.64. The van der Waals surface area contributed by atoms with E-state index in [0.29, 0.717) is 18.9 Å². The molecule has 5 heteroatoms. The van der Waals surface area contributed by atoms with Crippen LogP contribution in [-0.4, -0.2) is 48.8 Å². The monoisotopic (exact) mass is 231 g/mol. The first-order valence-corrected chi connectivity index (χ1v) is 5.70. The lowest BCUT2D eigenvalue weighted by Gasteiger charge is -2.30. The number of methoxy groups -OCH3 is 1. The minimum Gasteiger partial charge on any atom is -0.409 e. The van der Waals surface area contributed by atoms with Crippen molar-refractivity contribution in [3.63, 3.8) is 0 Å². The van der Waals surface area contributed by atoms with Crippen LogP contribution in [0.5, 0.6) is 0 Å². The topological polar surface area (TPSA) is 71.1 Å². The Kier molecular flexibility index (Phi) is 7.93. The van der Waals surface area contributed by atoms with Gasteiger partial charge in [-0.05, 0) is 12.8 Å². The van der Waals surface area contributed by atoms with Gasteiger partial charge in [0.05, 0.1) is 6.61 Å². The van der Waals surface area contributed by atoms with Crippen LogP contribution in [0.2, 0.25) is 0 Å². The number of hydrogen-bond acceptors (Lipinski definition) is 4. The zero-order chi connectivity index (χ0) is 12.6. The van der Waals surface area contributed by atoms with E-state index in [1.807, 2.05) is 0 Å². The summed E-state index contributed by atoms with van der Waals surface area (Å²) in [5.74, 6) is 0.866. The zero-order valence-electron chi connectivity index (χ0n) is 10.8. The third kappa shape index (κ3) is 6.63. The molecule has 16 heavy (non-hydrogen) atoms. The average molecular weight is 231 g/mol. The molecule has 5 nitrogen and oxygen atoms in total. The highest BCUT2D eigenvalue weighted by Gasteiger charge is 2.16. The predicted molar refractivity (Wildman–Crippen MR) is 65.8 cm³/mol. The van der Waals surface area contributed by atoms with Crippen molar-refractivity contribution in [1.82, 2.24) is 4.90 Å². The number of nitrogens with zero attached hydrogens (tertiary/aromatic N) is 2. The first kappa shape index (κ1) is 15.2. The van der Waals surface area contributed by atoms with Gasteiger partial charge in [0.1, 0.15) is 5.84 Å². The quantitative estimate of drug-likeness (QED) is 0.284. The summed E-state index contributed by atoms with van der Waals surface area (Å²) in [5.41, 5.74) is 5.51. The Labute approximate surface area is 98.2 Å². The van der Waals surface area contributed by atoms with E-state index in [4.69, 9.17) is 15.7 Å². The van der Waals surface area contributed by atoms with E-state index in [2.05, 4.69) is 30.8 Å². The summed E-state index contributed by atoms with van der Waals surface area (Å²) in [6, 6.07) is 0.258. The molecule has 0 bridgehead atoms. The molecule has 0 saturated carbocycles. The molecule has 0 radical (unpaired) electrons. The van der Waals surface area contributed by atoms with Crippen molar-refractivity contribution in [2.24, 2.45) is 16.8 Å². The summed E-state index contributed by atoms with van der Waals surface area (Å²) < 4.78 is 5.08. The summed E-state index contributed by atoms with van der Waals surface area (Å²) in [6.45, 7) is 8.99. The number of amidine groups is 1. The molecule has 1 atom stereocenters. The molecule has 0 aliphatic rings. The Bertz CT molecular complexity index is 207. The van der Waals surface area contributed by atoms with E-state index >= 15 is 0 Å². The number of hydrogen-bond donors (Lipinski definition) is 2. The van der Waals surface area contributed by atoms with Gasteiger partial charge in [0.25, 0.3) is 0 Å². The van der Waals surface area contributed by atoms with Gasteiger partial charge >= 0.3 is 0 Å². The second-order valence-corrected chi connectivity index (χ2v) is 4.53. The molecular weight excluding hydrogens is 206 g/mol. The second-order valence-electron chi connectivity index (χ2n) is 4.53. The number of oxime groups is 1. The van der Waals surface area contributed by atoms with Crippen LogP contribution in [0.3, 0.4) is 0 Å². The molecule has 0 amide bonds. The molecule has 0 spiro atoms. The maximum Gasteiger partial charge on any atom is 0.140 e. The molecule has 0 fully saturated rings. The van der Waals surface area contributed by atoms with Gasteiger partial charge in [-0.2, -0.15) is 0 Å². The highest BCUT2D eigenvalue weighted by atomic mass is 16.5. The number of ether oxygens (including phenoxy) is 1. The zero-order valence-corrected chi connectivity index (χ0v) is 10.8. The van der Waals surface area contributed by atoms with Gasteiger partial charge in [0, 0.05) is 32.7 Å². The molecular formula is C11H25N3O2. The molecule has 0 aromatic carbocycles. The van der Waals surface area contributed by atoms with E-state index < -0.39 is 0 Å². The van der Waals surface area contributed by atoms with Crippen LogP contribution in [0.4, 0.5) is 0 Å². The third-order valence-electron chi connectivity index (χ3n) is 2.44. The predicted octanol–water partition coefficient (Wildman–Crippen LogP) is 1.12. The molecule has 0 rings (SSSR count). The first-order chi connectivity index (χ1) is 7.51. The van der Waals surface area contributed by atoms with Crippen molar-refractivity contribution in [2.75, 3.05) is 26.8 Å². The molecule has 3 N–H and O–H groups in total. The normalized spacial score (nSPS) is 14.8. The molecule has 1 unspecified atom stereocenters. The fraction of sp³-hybridized carbons (Fsp3) is 0.909. The van der Waals surface area contributed by atoms with Gasteiger partial charge in [-0.15, -0.1) is 0 Å². The largest absolute Gasteiger partial charge is 0.409 e. The van der Waals surface area contributed by atoms with Gasteiger partial charge in [-0.3, -0.25) is 4.90 Å². The summed E-state index contributed by atoms with van der Waals surface area (Å²) in [5, 5.41) is 11.5. The van der Waals surface area contributed by atoms with Crippen LogP contribution in [0.1, 0.15) is 27.2 Å². The fourth-order valence-corrected chi connectivity index (χ4v) is 1.64. The molecule has 0 aliphatic carbocycles. The van der Waals surface area contributed by atoms with Crippen molar-refractivity contribution in [3.05, 3.63) is 0 Å². The van der Waals surface area contributed by atoms with Crippen LogP contribution >= 0.6 is 0 Å². The third-order valence-corrected chi connectivity index (χ3v) is 2.44. The second kappa shape index (κ2) is 8.35. The smallest absolute Gasteiger partial charge is 0.140 e. The van der Waals surface area contributed by atoms with Gasteiger partial charge in [0.2, 0.25) is 0 Å². The van der Waals surface area contributed by atoms with Crippen molar-refractivity contribution in [2.45, 2.75) is 33.2 Å². The van der Waals surface area contributed by atoms with Gasteiger partial charge in [-0.1, -0.05) is 19.0 Å². The lowest BCUT2D eigenvalue weighted by atomic mass is 10.1. The van der Waals surface area contributed by atoms with Crippen LogP contribution in [0.15, 0.2) is 5.16 Å². The summed E-state index contributed by atoms with van der Waals surface area (Å²) >= 11 is 0. The lowest BCUT2D eigenvalue weighted by molar-refractivity contribution is 0.117. The number of nitrogens with two attached hydrogens (primary N) is 1. The van der Waals surface area contributed by atoms with Crippen LogP contribution in [0, 0.1) is 5.92 Å². The van der Waals surface area contributed by atoms with Gasteiger partial charge in [-0.25, -0.2) is 0 Å². The van der Waals surface area contributed by atoms with E-state index in [1.54, 1.807) is 7.11 Å². The summed E-state index contributed by atoms with van der Waals surface area (Å²) in [7, 11) is 1.70.